The largest absolute Gasteiger partial charge is 0.356 e. The molecule has 0 atom stereocenters. The molecular weight excluding hydrogens is 142 g/mol. The predicted octanol–water partition coefficient (Wildman–Crippen LogP) is 0.246. The van der Waals surface area contributed by atoms with Gasteiger partial charge in [0.25, 0.3) is 0 Å². The molecule has 2 aliphatic rings. The highest BCUT2D eigenvalue weighted by Crippen LogP contribution is 2.43. The van der Waals surface area contributed by atoms with Crippen molar-refractivity contribution in [2.75, 3.05) is 6.54 Å². The molecule has 1 aliphatic heterocycles. The van der Waals surface area contributed by atoms with Crippen molar-refractivity contribution in [1.82, 2.24) is 5.32 Å². The van der Waals surface area contributed by atoms with Crippen molar-refractivity contribution in [3.05, 3.63) is 0 Å². The lowest BCUT2D eigenvalue weighted by atomic mass is 9.64. The van der Waals surface area contributed by atoms with Crippen LogP contribution in [0.4, 0.5) is 0 Å². The molecule has 2 rings (SSSR count). The van der Waals surface area contributed by atoms with Gasteiger partial charge >= 0.3 is 0 Å². The van der Waals surface area contributed by atoms with Crippen LogP contribution in [0.1, 0.15) is 25.7 Å². The van der Waals surface area contributed by atoms with Crippen LogP contribution in [0, 0.1) is 5.41 Å². The van der Waals surface area contributed by atoms with Crippen LogP contribution in [0.3, 0.4) is 0 Å². The van der Waals surface area contributed by atoms with Crippen LogP contribution in [0.15, 0.2) is 0 Å². The van der Waals surface area contributed by atoms with Gasteiger partial charge in [-0.05, 0) is 6.42 Å². The lowest BCUT2D eigenvalue weighted by Gasteiger charge is -2.43. The fourth-order valence-corrected chi connectivity index (χ4v) is 1.93. The van der Waals surface area contributed by atoms with E-state index in [9.17, 15) is 9.59 Å². The Kier molecular flexibility index (Phi) is 1.28. The zero-order valence-electron chi connectivity index (χ0n) is 6.35. The molecule has 1 heterocycles. The van der Waals surface area contributed by atoms with Gasteiger partial charge < -0.3 is 5.32 Å². The first kappa shape index (κ1) is 6.83. The van der Waals surface area contributed by atoms with Gasteiger partial charge in [-0.25, -0.2) is 0 Å². The minimum absolute atomic E-state index is 0.134. The molecule has 3 heteroatoms. The number of carbonyl (C=O) groups is 2. The van der Waals surface area contributed by atoms with E-state index in [4.69, 9.17) is 0 Å². The van der Waals surface area contributed by atoms with E-state index in [1.54, 1.807) is 0 Å². The smallest absolute Gasteiger partial charge is 0.220 e. The highest BCUT2D eigenvalue weighted by atomic mass is 16.1. The van der Waals surface area contributed by atoms with Gasteiger partial charge in [-0.15, -0.1) is 0 Å². The fourth-order valence-electron chi connectivity index (χ4n) is 1.93. The van der Waals surface area contributed by atoms with Crippen LogP contribution in [-0.2, 0) is 9.59 Å². The summed E-state index contributed by atoms with van der Waals surface area (Å²) >= 11 is 0. The summed E-state index contributed by atoms with van der Waals surface area (Å²) in [7, 11) is 0. The summed E-state index contributed by atoms with van der Waals surface area (Å²) in [5, 5.41) is 2.80. The minimum Gasteiger partial charge on any atom is -0.356 e. The summed E-state index contributed by atoms with van der Waals surface area (Å²) < 4.78 is 0. The second kappa shape index (κ2) is 2.06. The van der Waals surface area contributed by atoms with E-state index < -0.39 is 0 Å². The molecule has 0 unspecified atom stereocenters. The maximum atomic E-state index is 10.8. The summed E-state index contributed by atoms with van der Waals surface area (Å²) in [5.41, 5.74) is 0.172. The highest BCUT2D eigenvalue weighted by molar-refractivity contribution is 5.87. The zero-order chi connectivity index (χ0) is 7.90. The molecule has 1 spiro atoms. The number of nitrogens with one attached hydrogen (secondary N) is 1. The molecule has 2 fully saturated rings. The van der Waals surface area contributed by atoms with Crippen molar-refractivity contribution in [3.8, 4) is 0 Å². The Balaban J connectivity index is 1.97. The molecule has 60 valence electrons. The van der Waals surface area contributed by atoms with E-state index in [0.29, 0.717) is 25.0 Å². The van der Waals surface area contributed by atoms with E-state index in [2.05, 4.69) is 5.32 Å². The lowest BCUT2D eigenvalue weighted by molar-refractivity contribution is -0.138. The maximum absolute atomic E-state index is 10.8. The van der Waals surface area contributed by atoms with Crippen LogP contribution in [0.25, 0.3) is 0 Å². The molecule has 3 nitrogen and oxygen atoms in total. The van der Waals surface area contributed by atoms with E-state index >= 15 is 0 Å². The van der Waals surface area contributed by atoms with Crippen molar-refractivity contribution < 1.29 is 9.59 Å². The van der Waals surface area contributed by atoms with Gasteiger partial charge in [-0.3, -0.25) is 9.59 Å². The van der Waals surface area contributed by atoms with Crippen molar-refractivity contribution in [2.45, 2.75) is 25.7 Å². The molecule has 11 heavy (non-hydrogen) atoms. The van der Waals surface area contributed by atoms with Crippen LogP contribution in [0.2, 0.25) is 0 Å². The molecule has 1 saturated heterocycles. The van der Waals surface area contributed by atoms with E-state index in [1.165, 1.54) is 0 Å². The van der Waals surface area contributed by atoms with Crippen LogP contribution >= 0.6 is 0 Å². The van der Waals surface area contributed by atoms with Crippen molar-refractivity contribution >= 4 is 11.7 Å². The maximum Gasteiger partial charge on any atom is 0.220 e. The first-order valence-electron chi connectivity index (χ1n) is 3.99. The third kappa shape index (κ3) is 1.04. The Morgan fingerprint density at radius 3 is 2.45 bits per heavy atom. The van der Waals surface area contributed by atoms with Gasteiger partial charge in [-0.1, -0.05) is 0 Å². The van der Waals surface area contributed by atoms with E-state index in [-0.39, 0.29) is 11.3 Å². The third-order valence-electron chi connectivity index (χ3n) is 2.69. The zero-order valence-corrected chi connectivity index (χ0v) is 6.35. The average molecular weight is 153 g/mol. The molecule has 0 aromatic carbocycles. The molecule has 1 aliphatic carbocycles. The van der Waals surface area contributed by atoms with Gasteiger partial charge in [0.05, 0.1) is 0 Å². The Morgan fingerprint density at radius 2 is 2.00 bits per heavy atom. The number of rotatable bonds is 0. The van der Waals surface area contributed by atoms with Crippen molar-refractivity contribution in [2.24, 2.45) is 5.41 Å². The molecule has 0 radical (unpaired) electrons. The van der Waals surface area contributed by atoms with E-state index in [1.807, 2.05) is 0 Å². The first-order valence-corrected chi connectivity index (χ1v) is 3.99. The topological polar surface area (TPSA) is 46.2 Å². The number of hydrogen-bond donors (Lipinski definition) is 1. The number of hydrogen-bond acceptors (Lipinski definition) is 2. The van der Waals surface area contributed by atoms with Gasteiger partial charge in [0.15, 0.2) is 0 Å². The van der Waals surface area contributed by atoms with Gasteiger partial charge in [0.1, 0.15) is 5.78 Å². The fraction of sp³-hybridized carbons (Fsp3) is 0.750. The van der Waals surface area contributed by atoms with Crippen molar-refractivity contribution in [3.63, 3.8) is 0 Å². The SMILES string of the molecule is O=C1CC2(CCC(=O)NC2)C1. The lowest BCUT2D eigenvalue weighted by Crippen LogP contribution is -2.50. The number of piperidine rings is 1. The molecule has 1 N–H and O–H groups in total. The summed E-state index contributed by atoms with van der Waals surface area (Å²) in [6, 6.07) is 0. The van der Waals surface area contributed by atoms with Crippen molar-refractivity contribution in [1.29, 1.82) is 0 Å². The van der Waals surface area contributed by atoms with Crippen LogP contribution in [-0.4, -0.2) is 18.2 Å². The number of Topliss-reactive ketones (excluding diaryl/α,β-unsaturated/α-hetero) is 1. The predicted molar refractivity (Wildman–Crippen MR) is 38.9 cm³/mol. The molecular formula is C8H11NO2. The Labute approximate surface area is 65.2 Å². The highest BCUT2D eigenvalue weighted by Gasteiger charge is 2.45. The average Bonchev–Trinajstić information content (AvgIpc) is 1.92. The summed E-state index contributed by atoms with van der Waals surface area (Å²) in [6.45, 7) is 0.720. The summed E-state index contributed by atoms with van der Waals surface area (Å²) in [4.78, 5) is 21.5. The number of carbonyl (C=O) groups excluding carboxylic acids is 2. The third-order valence-corrected chi connectivity index (χ3v) is 2.69. The summed E-state index contributed by atoms with van der Waals surface area (Å²) in [5.74, 6) is 0.483. The van der Waals surface area contributed by atoms with Crippen LogP contribution in [0.5, 0.6) is 0 Å². The molecule has 0 aromatic rings. The van der Waals surface area contributed by atoms with Crippen LogP contribution < -0.4 is 5.32 Å². The molecule has 1 saturated carbocycles. The second-order valence-electron chi connectivity index (χ2n) is 3.67. The van der Waals surface area contributed by atoms with Gasteiger partial charge in [0.2, 0.25) is 5.91 Å². The molecule has 1 amide bonds. The second-order valence-corrected chi connectivity index (χ2v) is 3.67. The quantitative estimate of drug-likeness (QED) is 0.542. The van der Waals surface area contributed by atoms with Gasteiger partial charge in [-0.2, -0.15) is 0 Å². The standard InChI is InChI=1S/C8H11NO2/c10-6-3-8(4-6)2-1-7(11)9-5-8/h1-5H2,(H,9,11). The monoisotopic (exact) mass is 153 g/mol. The first-order chi connectivity index (χ1) is 5.20. The molecule has 0 aromatic heterocycles. The Morgan fingerprint density at radius 1 is 1.27 bits per heavy atom. The van der Waals surface area contributed by atoms with Gasteiger partial charge in [0, 0.05) is 31.2 Å². The Hall–Kier alpha value is -0.860. The Bertz CT molecular complexity index is 202. The minimum atomic E-state index is 0.134. The number of amides is 1. The molecule has 0 bridgehead atoms. The number of ketones is 1. The normalized spacial score (nSPS) is 28.0. The van der Waals surface area contributed by atoms with E-state index in [0.717, 1.165) is 13.0 Å². The summed E-state index contributed by atoms with van der Waals surface area (Å²) in [6.07, 6.45) is 2.89.